The number of nitrogens with one attached hydrogen (secondary N) is 2. The summed E-state index contributed by atoms with van der Waals surface area (Å²) in [6, 6.07) is 22.1. The first kappa shape index (κ1) is 19.8. The number of carbonyl (C=O) groups excluding carboxylic acids is 3. The minimum Gasteiger partial charge on any atom is -0.545 e. The van der Waals surface area contributed by atoms with Gasteiger partial charge in [-0.05, 0) is 42.3 Å². The highest BCUT2D eigenvalue weighted by Gasteiger charge is 2.10. The molecule has 0 heterocycles. The SMILES string of the molecule is O=C(CCc1ccccc1)Nc1ccc(C(=O)Nc2ccccc2C(=O)[O-])cc1. The van der Waals surface area contributed by atoms with Gasteiger partial charge in [-0.1, -0.05) is 48.5 Å². The Balaban J connectivity index is 1.57. The van der Waals surface area contributed by atoms with E-state index in [0.717, 1.165) is 5.56 Å². The van der Waals surface area contributed by atoms with Crippen LogP contribution in [0.1, 0.15) is 32.7 Å². The van der Waals surface area contributed by atoms with E-state index in [0.29, 0.717) is 24.1 Å². The number of rotatable bonds is 7. The van der Waals surface area contributed by atoms with Crippen LogP contribution in [0.2, 0.25) is 0 Å². The standard InChI is InChI=1S/C23H20N2O4/c26-21(15-10-16-6-2-1-3-7-16)24-18-13-11-17(12-14-18)22(27)25-20-9-5-4-8-19(20)23(28)29/h1-9,11-14H,10,15H2,(H,24,26)(H,25,27)(H,28,29)/p-1. The van der Waals surface area contributed by atoms with Crippen LogP contribution in [-0.2, 0) is 11.2 Å². The zero-order chi connectivity index (χ0) is 20.6. The first-order valence-electron chi connectivity index (χ1n) is 9.08. The first-order chi connectivity index (χ1) is 14.0. The highest BCUT2D eigenvalue weighted by atomic mass is 16.4. The lowest BCUT2D eigenvalue weighted by atomic mass is 10.1. The number of carboxylic acids is 1. The molecule has 0 bridgehead atoms. The molecule has 0 fully saturated rings. The molecule has 0 aliphatic carbocycles. The van der Waals surface area contributed by atoms with Crippen LogP contribution in [0.4, 0.5) is 11.4 Å². The van der Waals surface area contributed by atoms with Crippen LogP contribution >= 0.6 is 0 Å². The fourth-order valence-corrected chi connectivity index (χ4v) is 2.80. The Hall–Kier alpha value is -3.93. The van der Waals surface area contributed by atoms with Crippen molar-refractivity contribution in [2.75, 3.05) is 10.6 Å². The van der Waals surface area contributed by atoms with Crippen LogP contribution in [0.25, 0.3) is 0 Å². The third-order valence-corrected chi connectivity index (χ3v) is 4.31. The average molecular weight is 387 g/mol. The lowest BCUT2D eigenvalue weighted by Crippen LogP contribution is -2.24. The van der Waals surface area contributed by atoms with E-state index in [1.807, 2.05) is 30.3 Å². The number of anilines is 2. The van der Waals surface area contributed by atoms with Crippen molar-refractivity contribution in [3.05, 3.63) is 95.6 Å². The molecule has 0 saturated carbocycles. The number of benzene rings is 3. The number of hydrogen-bond donors (Lipinski definition) is 2. The van der Waals surface area contributed by atoms with Gasteiger partial charge in [0.2, 0.25) is 5.91 Å². The van der Waals surface area contributed by atoms with E-state index in [4.69, 9.17) is 0 Å². The Labute approximate surface area is 168 Å². The van der Waals surface area contributed by atoms with E-state index in [9.17, 15) is 19.5 Å². The fraction of sp³-hybridized carbons (Fsp3) is 0.0870. The number of aryl methyl sites for hydroxylation is 1. The predicted molar refractivity (Wildman–Crippen MR) is 109 cm³/mol. The van der Waals surface area contributed by atoms with Gasteiger partial charge in [-0.2, -0.15) is 0 Å². The molecule has 0 aliphatic rings. The number of aromatic carboxylic acids is 1. The number of para-hydroxylation sites is 1. The zero-order valence-electron chi connectivity index (χ0n) is 15.6. The predicted octanol–water partition coefficient (Wildman–Crippen LogP) is 2.87. The topological polar surface area (TPSA) is 98.3 Å². The molecule has 146 valence electrons. The van der Waals surface area contributed by atoms with Crippen LogP contribution in [0.15, 0.2) is 78.9 Å². The maximum absolute atomic E-state index is 12.4. The molecule has 6 heteroatoms. The van der Waals surface area contributed by atoms with Crippen LogP contribution in [0, 0.1) is 0 Å². The van der Waals surface area contributed by atoms with Crippen LogP contribution in [-0.4, -0.2) is 17.8 Å². The third-order valence-electron chi connectivity index (χ3n) is 4.31. The lowest BCUT2D eigenvalue weighted by Gasteiger charge is -2.12. The number of amides is 2. The van der Waals surface area contributed by atoms with Gasteiger partial charge in [0.25, 0.3) is 5.91 Å². The van der Waals surface area contributed by atoms with E-state index in [-0.39, 0.29) is 17.2 Å². The van der Waals surface area contributed by atoms with E-state index >= 15 is 0 Å². The van der Waals surface area contributed by atoms with Crippen molar-refractivity contribution in [3.63, 3.8) is 0 Å². The van der Waals surface area contributed by atoms with Crippen LogP contribution in [0.5, 0.6) is 0 Å². The second-order valence-electron chi connectivity index (χ2n) is 6.40. The van der Waals surface area contributed by atoms with Crippen molar-refractivity contribution in [1.29, 1.82) is 0 Å². The van der Waals surface area contributed by atoms with Gasteiger partial charge in [-0.3, -0.25) is 9.59 Å². The van der Waals surface area contributed by atoms with Crippen molar-refractivity contribution >= 4 is 29.2 Å². The highest BCUT2D eigenvalue weighted by Crippen LogP contribution is 2.17. The van der Waals surface area contributed by atoms with Crippen molar-refractivity contribution < 1.29 is 19.5 Å². The monoisotopic (exact) mass is 387 g/mol. The summed E-state index contributed by atoms with van der Waals surface area (Å²) in [6.07, 6.45) is 0.997. The Morgan fingerprint density at radius 2 is 1.41 bits per heavy atom. The van der Waals surface area contributed by atoms with E-state index < -0.39 is 11.9 Å². The third kappa shape index (κ3) is 5.52. The molecule has 29 heavy (non-hydrogen) atoms. The van der Waals surface area contributed by atoms with Crippen molar-refractivity contribution in [2.45, 2.75) is 12.8 Å². The molecule has 0 radical (unpaired) electrons. The Morgan fingerprint density at radius 3 is 2.10 bits per heavy atom. The largest absolute Gasteiger partial charge is 0.545 e. The molecule has 0 aromatic heterocycles. The summed E-state index contributed by atoms with van der Waals surface area (Å²) in [7, 11) is 0. The highest BCUT2D eigenvalue weighted by molar-refractivity contribution is 6.07. The van der Waals surface area contributed by atoms with Gasteiger partial charge in [-0.25, -0.2) is 0 Å². The molecule has 3 aromatic carbocycles. The first-order valence-corrected chi connectivity index (χ1v) is 9.08. The smallest absolute Gasteiger partial charge is 0.255 e. The minimum atomic E-state index is -1.37. The molecule has 0 atom stereocenters. The summed E-state index contributed by atoms with van der Waals surface area (Å²) in [4.78, 5) is 35.6. The molecule has 0 unspecified atom stereocenters. The van der Waals surface area contributed by atoms with Gasteiger partial charge in [0.05, 0.1) is 11.7 Å². The van der Waals surface area contributed by atoms with Gasteiger partial charge >= 0.3 is 0 Å². The minimum absolute atomic E-state index is 0.0943. The van der Waals surface area contributed by atoms with Gasteiger partial charge in [-0.15, -0.1) is 0 Å². The van der Waals surface area contributed by atoms with Crippen molar-refractivity contribution in [2.24, 2.45) is 0 Å². The second kappa shape index (κ2) is 9.32. The normalized spacial score (nSPS) is 10.2. The molecule has 3 rings (SSSR count). The molecule has 0 saturated heterocycles. The molecule has 6 nitrogen and oxygen atoms in total. The second-order valence-corrected chi connectivity index (χ2v) is 6.40. The molecular weight excluding hydrogens is 368 g/mol. The number of carbonyl (C=O) groups is 3. The average Bonchev–Trinajstić information content (AvgIpc) is 2.74. The Bertz CT molecular complexity index is 1010. The van der Waals surface area contributed by atoms with Crippen molar-refractivity contribution in [3.8, 4) is 0 Å². The van der Waals surface area contributed by atoms with Crippen molar-refractivity contribution in [1.82, 2.24) is 0 Å². The quantitative estimate of drug-likeness (QED) is 0.651. The van der Waals surface area contributed by atoms with E-state index in [1.165, 1.54) is 12.1 Å². The molecule has 3 aromatic rings. The molecule has 2 amide bonds. The van der Waals surface area contributed by atoms with Crippen LogP contribution < -0.4 is 15.7 Å². The van der Waals surface area contributed by atoms with Gasteiger partial charge in [0.1, 0.15) is 0 Å². The number of hydrogen-bond acceptors (Lipinski definition) is 4. The van der Waals surface area contributed by atoms with Crippen LogP contribution in [0.3, 0.4) is 0 Å². The molecule has 2 N–H and O–H groups in total. The summed E-state index contributed by atoms with van der Waals surface area (Å²) >= 11 is 0. The maximum atomic E-state index is 12.4. The maximum Gasteiger partial charge on any atom is 0.255 e. The summed E-state index contributed by atoms with van der Waals surface area (Å²) in [5.41, 5.74) is 2.07. The van der Waals surface area contributed by atoms with E-state index in [1.54, 1.807) is 36.4 Å². The summed E-state index contributed by atoms with van der Waals surface area (Å²) in [5, 5.41) is 16.5. The molecule has 0 aliphatic heterocycles. The number of carboxylic acid groups (broad SMARTS) is 1. The Kier molecular flexibility index (Phi) is 6.37. The molecular formula is C23H19N2O4-. The fourth-order valence-electron chi connectivity index (χ4n) is 2.80. The lowest BCUT2D eigenvalue weighted by molar-refractivity contribution is -0.254. The summed E-state index contributed by atoms with van der Waals surface area (Å²) in [5.74, 6) is -1.94. The van der Waals surface area contributed by atoms with Gasteiger partial charge in [0, 0.05) is 23.2 Å². The van der Waals surface area contributed by atoms with Gasteiger partial charge in [0.15, 0.2) is 0 Å². The summed E-state index contributed by atoms with van der Waals surface area (Å²) < 4.78 is 0. The summed E-state index contributed by atoms with van der Waals surface area (Å²) in [6.45, 7) is 0. The van der Waals surface area contributed by atoms with E-state index in [2.05, 4.69) is 10.6 Å². The van der Waals surface area contributed by atoms with Gasteiger partial charge < -0.3 is 20.5 Å². The zero-order valence-corrected chi connectivity index (χ0v) is 15.6. The molecule has 0 spiro atoms. The Morgan fingerprint density at radius 1 is 0.759 bits per heavy atom.